The summed E-state index contributed by atoms with van der Waals surface area (Å²) < 4.78 is 12.2. The Morgan fingerprint density at radius 3 is 2.50 bits per heavy atom. The molecule has 0 fully saturated rings. The molecule has 0 atom stereocenters. The van der Waals surface area contributed by atoms with Crippen molar-refractivity contribution in [2.24, 2.45) is 5.73 Å². The number of ether oxygens (including phenoxy) is 2. The fourth-order valence-electron chi connectivity index (χ4n) is 1.96. The molecule has 0 aliphatic rings. The summed E-state index contributed by atoms with van der Waals surface area (Å²) in [5.74, 6) is 0.828. The van der Waals surface area contributed by atoms with E-state index in [-0.39, 0.29) is 0 Å². The van der Waals surface area contributed by atoms with Crippen molar-refractivity contribution in [3.63, 3.8) is 0 Å². The quantitative estimate of drug-likeness (QED) is 0.876. The van der Waals surface area contributed by atoms with Crippen LogP contribution in [0.15, 0.2) is 46.9 Å². The van der Waals surface area contributed by atoms with Crippen molar-refractivity contribution < 1.29 is 9.47 Å². The van der Waals surface area contributed by atoms with E-state index in [4.69, 9.17) is 15.2 Å². The summed E-state index contributed by atoms with van der Waals surface area (Å²) in [7, 11) is 1.66. The minimum Gasteiger partial charge on any atom is -0.496 e. The Morgan fingerprint density at radius 2 is 1.80 bits per heavy atom. The van der Waals surface area contributed by atoms with Gasteiger partial charge in [-0.05, 0) is 29.3 Å². The first-order valence-corrected chi connectivity index (χ1v) is 7.21. The van der Waals surface area contributed by atoms with Gasteiger partial charge in [0.05, 0.1) is 20.3 Å². The van der Waals surface area contributed by atoms with Gasteiger partial charge in [-0.25, -0.2) is 0 Å². The molecule has 2 aromatic rings. The molecule has 4 heteroatoms. The zero-order chi connectivity index (χ0) is 14.4. The number of hydrogen-bond donors (Lipinski definition) is 1. The average Bonchev–Trinajstić information content (AvgIpc) is 2.49. The minimum atomic E-state index is 0.498. The van der Waals surface area contributed by atoms with Crippen LogP contribution in [0.25, 0.3) is 0 Å². The molecular formula is C16H18BrNO2. The summed E-state index contributed by atoms with van der Waals surface area (Å²) >= 11 is 3.51. The molecule has 2 rings (SSSR count). The van der Waals surface area contributed by atoms with Gasteiger partial charge < -0.3 is 15.2 Å². The number of halogens is 1. The van der Waals surface area contributed by atoms with Gasteiger partial charge in [-0.1, -0.05) is 40.2 Å². The normalized spacial score (nSPS) is 10.6. The van der Waals surface area contributed by atoms with E-state index in [1.54, 1.807) is 7.11 Å². The monoisotopic (exact) mass is 335 g/mol. The molecule has 0 heterocycles. The highest BCUT2D eigenvalue weighted by atomic mass is 79.9. The molecule has 0 saturated heterocycles. The van der Waals surface area contributed by atoms with Crippen LogP contribution in [0.5, 0.6) is 5.75 Å². The van der Waals surface area contributed by atoms with Gasteiger partial charge in [-0.15, -0.1) is 0 Å². The molecule has 106 valence electrons. The lowest BCUT2D eigenvalue weighted by atomic mass is 10.1. The maximum Gasteiger partial charge on any atom is 0.124 e. The molecule has 2 aromatic carbocycles. The fourth-order valence-corrected chi connectivity index (χ4v) is 2.36. The molecule has 0 bridgehead atoms. The SMILES string of the molecule is COc1ccc(CN)cc1COCc1ccccc1Br. The van der Waals surface area contributed by atoms with Crippen molar-refractivity contribution in [1.29, 1.82) is 0 Å². The zero-order valence-corrected chi connectivity index (χ0v) is 13.0. The third-order valence-corrected chi connectivity index (χ3v) is 3.83. The third kappa shape index (κ3) is 3.82. The highest BCUT2D eigenvalue weighted by Gasteiger charge is 2.05. The first-order chi connectivity index (χ1) is 9.74. The van der Waals surface area contributed by atoms with Gasteiger partial charge in [0.15, 0.2) is 0 Å². The van der Waals surface area contributed by atoms with Crippen LogP contribution in [-0.2, 0) is 24.5 Å². The molecule has 0 aliphatic carbocycles. The molecule has 0 unspecified atom stereocenters. The lowest BCUT2D eigenvalue weighted by Crippen LogP contribution is -2.01. The largest absolute Gasteiger partial charge is 0.496 e. The van der Waals surface area contributed by atoms with Crippen molar-refractivity contribution in [2.75, 3.05) is 7.11 Å². The zero-order valence-electron chi connectivity index (χ0n) is 11.4. The topological polar surface area (TPSA) is 44.5 Å². The van der Waals surface area contributed by atoms with E-state index in [1.807, 2.05) is 42.5 Å². The highest BCUT2D eigenvalue weighted by Crippen LogP contribution is 2.22. The Hall–Kier alpha value is -1.36. The Balaban J connectivity index is 2.02. The van der Waals surface area contributed by atoms with E-state index in [9.17, 15) is 0 Å². The first-order valence-electron chi connectivity index (χ1n) is 6.41. The van der Waals surface area contributed by atoms with Gasteiger partial charge in [-0.3, -0.25) is 0 Å². The van der Waals surface area contributed by atoms with E-state index in [0.717, 1.165) is 26.9 Å². The maximum atomic E-state index is 5.78. The van der Waals surface area contributed by atoms with Crippen LogP contribution >= 0.6 is 15.9 Å². The smallest absolute Gasteiger partial charge is 0.124 e. The molecule has 3 nitrogen and oxygen atoms in total. The molecule has 2 N–H and O–H groups in total. The summed E-state index contributed by atoms with van der Waals surface area (Å²) in [5, 5.41) is 0. The second-order valence-corrected chi connectivity index (χ2v) is 5.29. The van der Waals surface area contributed by atoms with E-state index >= 15 is 0 Å². The average molecular weight is 336 g/mol. The minimum absolute atomic E-state index is 0.498. The Kier molecular flexibility index (Phi) is 5.59. The molecule has 0 aromatic heterocycles. The lowest BCUT2D eigenvalue weighted by Gasteiger charge is -2.11. The van der Waals surface area contributed by atoms with Crippen molar-refractivity contribution >= 4 is 15.9 Å². The van der Waals surface area contributed by atoms with Gasteiger partial charge in [0.1, 0.15) is 5.75 Å². The Morgan fingerprint density at radius 1 is 1.05 bits per heavy atom. The van der Waals surface area contributed by atoms with Gasteiger partial charge in [0, 0.05) is 16.6 Å². The Labute approximate surface area is 127 Å². The van der Waals surface area contributed by atoms with Crippen LogP contribution < -0.4 is 10.5 Å². The predicted octanol–water partition coefficient (Wildman–Crippen LogP) is 3.63. The van der Waals surface area contributed by atoms with Crippen molar-refractivity contribution in [3.8, 4) is 5.75 Å². The molecule has 0 saturated carbocycles. The second kappa shape index (κ2) is 7.43. The lowest BCUT2D eigenvalue weighted by molar-refractivity contribution is 0.105. The number of benzene rings is 2. The van der Waals surface area contributed by atoms with Crippen LogP contribution in [0.3, 0.4) is 0 Å². The molecular weight excluding hydrogens is 318 g/mol. The van der Waals surface area contributed by atoms with Crippen LogP contribution in [0, 0.1) is 0 Å². The molecule has 0 amide bonds. The Bertz CT molecular complexity index is 572. The molecule has 20 heavy (non-hydrogen) atoms. The predicted molar refractivity (Wildman–Crippen MR) is 83.5 cm³/mol. The third-order valence-electron chi connectivity index (χ3n) is 3.05. The second-order valence-electron chi connectivity index (χ2n) is 4.43. The van der Waals surface area contributed by atoms with Crippen LogP contribution in [0.2, 0.25) is 0 Å². The summed E-state index contributed by atoms with van der Waals surface area (Å²) in [6.07, 6.45) is 0. The number of nitrogens with two attached hydrogens (primary N) is 1. The summed E-state index contributed by atoms with van der Waals surface area (Å²) in [6, 6.07) is 14.0. The van der Waals surface area contributed by atoms with Crippen LogP contribution in [0.4, 0.5) is 0 Å². The standard InChI is InChI=1S/C16H18BrNO2/c1-19-16-7-6-12(9-18)8-14(16)11-20-10-13-4-2-3-5-15(13)17/h2-8H,9-11,18H2,1H3. The van der Waals surface area contributed by atoms with Gasteiger partial charge in [0.2, 0.25) is 0 Å². The van der Waals surface area contributed by atoms with E-state index < -0.39 is 0 Å². The summed E-state index contributed by atoms with van der Waals surface area (Å²) in [5.41, 5.74) is 8.88. The van der Waals surface area contributed by atoms with Crippen molar-refractivity contribution in [3.05, 3.63) is 63.6 Å². The van der Waals surface area contributed by atoms with Gasteiger partial charge in [-0.2, -0.15) is 0 Å². The number of methoxy groups -OCH3 is 1. The van der Waals surface area contributed by atoms with Gasteiger partial charge in [0.25, 0.3) is 0 Å². The number of rotatable bonds is 6. The van der Waals surface area contributed by atoms with Gasteiger partial charge >= 0.3 is 0 Å². The van der Waals surface area contributed by atoms with Crippen molar-refractivity contribution in [2.45, 2.75) is 19.8 Å². The van der Waals surface area contributed by atoms with Crippen molar-refractivity contribution in [1.82, 2.24) is 0 Å². The van der Waals surface area contributed by atoms with E-state index in [0.29, 0.717) is 19.8 Å². The molecule has 0 spiro atoms. The number of hydrogen-bond acceptors (Lipinski definition) is 3. The van der Waals surface area contributed by atoms with E-state index in [1.165, 1.54) is 0 Å². The summed E-state index contributed by atoms with van der Waals surface area (Å²) in [6.45, 7) is 1.57. The first kappa shape index (κ1) is 15.0. The van der Waals surface area contributed by atoms with Crippen LogP contribution in [0.1, 0.15) is 16.7 Å². The molecule has 0 aliphatic heterocycles. The summed E-state index contributed by atoms with van der Waals surface area (Å²) in [4.78, 5) is 0. The molecule has 0 radical (unpaired) electrons. The fraction of sp³-hybridized carbons (Fsp3) is 0.250. The van der Waals surface area contributed by atoms with Crippen LogP contribution in [-0.4, -0.2) is 7.11 Å². The van der Waals surface area contributed by atoms with E-state index in [2.05, 4.69) is 15.9 Å². The maximum absolute atomic E-state index is 5.78. The highest BCUT2D eigenvalue weighted by molar-refractivity contribution is 9.10.